The maximum atomic E-state index is 12.8. The van der Waals surface area contributed by atoms with Gasteiger partial charge in [0.1, 0.15) is 5.75 Å². The molecular weight excluding hydrogens is 428 g/mol. The quantitative estimate of drug-likeness (QED) is 0.651. The van der Waals surface area contributed by atoms with Crippen LogP contribution in [-0.2, 0) is 11.3 Å². The minimum Gasteiger partial charge on any atom is -0.494 e. The van der Waals surface area contributed by atoms with Gasteiger partial charge in [0.25, 0.3) is 5.91 Å². The van der Waals surface area contributed by atoms with E-state index < -0.39 is 0 Å². The van der Waals surface area contributed by atoms with Crippen LogP contribution in [0.5, 0.6) is 5.75 Å². The fourth-order valence-electron chi connectivity index (χ4n) is 4.69. The molecule has 0 saturated carbocycles. The SMILES string of the molecule is CCOc1ccc(C(=O)N2CCC(NC(=O)CN3CCN(Cc4ccccc4)CC3)CC2)cc1. The molecule has 0 aromatic heterocycles. The molecule has 2 fully saturated rings. The standard InChI is InChI=1S/C27H36N4O3/c1-2-34-25-10-8-23(9-11-25)27(33)31-14-12-24(13-15-31)28-26(32)21-30-18-16-29(17-19-30)20-22-6-4-3-5-7-22/h3-11,24H,2,12-21H2,1H3,(H,28,32). The lowest BCUT2D eigenvalue weighted by atomic mass is 10.0. The van der Waals surface area contributed by atoms with E-state index in [0.717, 1.165) is 51.3 Å². The van der Waals surface area contributed by atoms with Crippen LogP contribution in [0.25, 0.3) is 0 Å². The Labute approximate surface area is 202 Å². The van der Waals surface area contributed by atoms with E-state index in [9.17, 15) is 9.59 Å². The maximum Gasteiger partial charge on any atom is 0.253 e. The van der Waals surface area contributed by atoms with Crippen LogP contribution >= 0.6 is 0 Å². The molecule has 0 aliphatic carbocycles. The Kier molecular flexibility index (Phi) is 8.55. The lowest BCUT2D eigenvalue weighted by Gasteiger charge is -2.35. The Bertz CT molecular complexity index is 919. The van der Waals surface area contributed by atoms with Crippen molar-refractivity contribution in [1.29, 1.82) is 0 Å². The molecule has 0 radical (unpaired) electrons. The number of benzene rings is 2. The molecule has 4 rings (SSSR count). The van der Waals surface area contributed by atoms with E-state index in [0.29, 0.717) is 31.8 Å². The fraction of sp³-hybridized carbons (Fsp3) is 0.481. The number of piperidine rings is 1. The van der Waals surface area contributed by atoms with Gasteiger partial charge in [0, 0.05) is 57.4 Å². The number of hydrogen-bond acceptors (Lipinski definition) is 5. The smallest absolute Gasteiger partial charge is 0.253 e. The van der Waals surface area contributed by atoms with Crippen LogP contribution in [0.15, 0.2) is 54.6 Å². The topological polar surface area (TPSA) is 65.1 Å². The van der Waals surface area contributed by atoms with Gasteiger partial charge >= 0.3 is 0 Å². The minimum atomic E-state index is 0.0428. The fourth-order valence-corrected chi connectivity index (χ4v) is 4.69. The summed E-state index contributed by atoms with van der Waals surface area (Å²) in [5, 5.41) is 3.19. The minimum absolute atomic E-state index is 0.0428. The van der Waals surface area contributed by atoms with Crippen molar-refractivity contribution < 1.29 is 14.3 Å². The molecule has 0 atom stereocenters. The molecule has 0 spiro atoms. The van der Waals surface area contributed by atoms with E-state index in [-0.39, 0.29) is 17.9 Å². The molecule has 34 heavy (non-hydrogen) atoms. The summed E-state index contributed by atoms with van der Waals surface area (Å²) in [7, 11) is 0. The first kappa shape index (κ1) is 24.2. The summed E-state index contributed by atoms with van der Waals surface area (Å²) in [4.78, 5) is 32.0. The molecular formula is C27H36N4O3. The van der Waals surface area contributed by atoms with E-state index in [2.05, 4.69) is 39.4 Å². The van der Waals surface area contributed by atoms with Gasteiger partial charge < -0.3 is 15.0 Å². The normalized spacial score (nSPS) is 18.0. The zero-order valence-corrected chi connectivity index (χ0v) is 20.1. The van der Waals surface area contributed by atoms with Crippen LogP contribution in [0.3, 0.4) is 0 Å². The first-order valence-corrected chi connectivity index (χ1v) is 12.4. The summed E-state index contributed by atoms with van der Waals surface area (Å²) in [6, 6.07) is 18.0. The van der Waals surface area contributed by atoms with Gasteiger partial charge in [-0.3, -0.25) is 19.4 Å². The van der Waals surface area contributed by atoms with Gasteiger partial charge in [-0.25, -0.2) is 0 Å². The van der Waals surface area contributed by atoms with Crippen LogP contribution in [-0.4, -0.2) is 85.0 Å². The number of ether oxygens (including phenoxy) is 1. The van der Waals surface area contributed by atoms with E-state index in [1.54, 1.807) is 0 Å². The number of carbonyl (C=O) groups excluding carboxylic acids is 2. The molecule has 1 N–H and O–H groups in total. The molecule has 2 amide bonds. The number of carbonyl (C=O) groups is 2. The molecule has 2 saturated heterocycles. The molecule has 2 aliphatic heterocycles. The van der Waals surface area contributed by atoms with Crippen LogP contribution in [0.4, 0.5) is 0 Å². The first-order valence-electron chi connectivity index (χ1n) is 12.4. The molecule has 7 nitrogen and oxygen atoms in total. The second-order valence-electron chi connectivity index (χ2n) is 9.13. The predicted octanol–water partition coefficient (Wildman–Crippen LogP) is 2.62. The van der Waals surface area contributed by atoms with Crippen molar-refractivity contribution in [1.82, 2.24) is 20.0 Å². The molecule has 7 heteroatoms. The molecule has 2 aromatic rings. The highest BCUT2D eigenvalue weighted by Crippen LogP contribution is 2.17. The zero-order chi connectivity index (χ0) is 23.8. The van der Waals surface area contributed by atoms with Crippen molar-refractivity contribution in [2.45, 2.75) is 32.4 Å². The number of rotatable bonds is 8. The number of hydrogen-bond donors (Lipinski definition) is 1. The van der Waals surface area contributed by atoms with Crippen molar-refractivity contribution in [2.24, 2.45) is 0 Å². The summed E-state index contributed by atoms with van der Waals surface area (Å²) in [6.45, 7) is 9.07. The van der Waals surface area contributed by atoms with Crippen molar-refractivity contribution in [2.75, 3.05) is 52.4 Å². The van der Waals surface area contributed by atoms with Gasteiger partial charge in [-0.15, -0.1) is 0 Å². The summed E-state index contributed by atoms with van der Waals surface area (Å²) >= 11 is 0. The van der Waals surface area contributed by atoms with Crippen molar-refractivity contribution >= 4 is 11.8 Å². The van der Waals surface area contributed by atoms with Crippen molar-refractivity contribution in [3.8, 4) is 5.75 Å². The summed E-state index contributed by atoms with van der Waals surface area (Å²) < 4.78 is 5.45. The molecule has 0 bridgehead atoms. The highest BCUT2D eigenvalue weighted by atomic mass is 16.5. The Balaban J connectivity index is 1.15. The highest BCUT2D eigenvalue weighted by molar-refractivity contribution is 5.94. The molecule has 2 aromatic carbocycles. The van der Waals surface area contributed by atoms with Gasteiger partial charge in [-0.1, -0.05) is 30.3 Å². The Morgan fingerprint density at radius 1 is 0.882 bits per heavy atom. The zero-order valence-electron chi connectivity index (χ0n) is 20.1. The van der Waals surface area contributed by atoms with E-state index in [1.807, 2.05) is 42.2 Å². The van der Waals surface area contributed by atoms with Gasteiger partial charge in [-0.2, -0.15) is 0 Å². The number of nitrogens with one attached hydrogen (secondary N) is 1. The molecule has 0 unspecified atom stereocenters. The largest absolute Gasteiger partial charge is 0.494 e. The molecule has 2 heterocycles. The van der Waals surface area contributed by atoms with E-state index >= 15 is 0 Å². The first-order chi connectivity index (χ1) is 16.6. The number of likely N-dealkylation sites (tertiary alicyclic amines) is 1. The third-order valence-electron chi connectivity index (χ3n) is 6.64. The molecule has 182 valence electrons. The summed E-state index contributed by atoms with van der Waals surface area (Å²) in [5.74, 6) is 0.909. The van der Waals surface area contributed by atoms with Crippen LogP contribution < -0.4 is 10.1 Å². The maximum absolute atomic E-state index is 12.8. The second-order valence-corrected chi connectivity index (χ2v) is 9.13. The lowest BCUT2D eigenvalue weighted by molar-refractivity contribution is -0.123. The van der Waals surface area contributed by atoms with Crippen molar-refractivity contribution in [3.63, 3.8) is 0 Å². The van der Waals surface area contributed by atoms with Crippen LogP contribution in [0.1, 0.15) is 35.7 Å². The van der Waals surface area contributed by atoms with Gasteiger partial charge in [-0.05, 0) is 49.6 Å². The van der Waals surface area contributed by atoms with Gasteiger partial charge in [0.05, 0.1) is 13.2 Å². The Morgan fingerprint density at radius 2 is 1.53 bits per heavy atom. The number of nitrogens with zero attached hydrogens (tertiary/aromatic N) is 3. The monoisotopic (exact) mass is 464 g/mol. The van der Waals surface area contributed by atoms with Gasteiger partial charge in [0.2, 0.25) is 5.91 Å². The summed E-state index contributed by atoms with van der Waals surface area (Å²) in [6.07, 6.45) is 1.58. The van der Waals surface area contributed by atoms with E-state index in [1.165, 1.54) is 5.56 Å². The average molecular weight is 465 g/mol. The van der Waals surface area contributed by atoms with E-state index in [4.69, 9.17) is 4.74 Å². The lowest BCUT2D eigenvalue weighted by Crippen LogP contribution is -2.52. The Morgan fingerprint density at radius 3 is 2.18 bits per heavy atom. The van der Waals surface area contributed by atoms with Gasteiger partial charge in [0.15, 0.2) is 0 Å². The summed E-state index contributed by atoms with van der Waals surface area (Å²) in [5.41, 5.74) is 2.01. The third kappa shape index (κ3) is 6.81. The van der Waals surface area contributed by atoms with Crippen molar-refractivity contribution in [3.05, 3.63) is 65.7 Å². The van der Waals surface area contributed by atoms with Crippen LogP contribution in [0.2, 0.25) is 0 Å². The number of amides is 2. The number of piperazine rings is 1. The molecule has 2 aliphatic rings. The highest BCUT2D eigenvalue weighted by Gasteiger charge is 2.26. The second kappa shape index (κ2) is 12.0. The Hall–Kier alpha value is -2.90. The average Bonchev–Trinajstić information content (AvgIpc) is 2.87. The third-order valence-corrected chi connectivity index (χ3v) is 6.64. The van der Waals surface area contributed by atoms with Crippen LogP contribution in [0, 0.1) is 0 Å². The predicted molar refractivity (Wildman–Crippen MR) is 133 cm³/mol.